The highest BCUT2D eigenvalue weighted by molar-refractivity contribution is 5.87. The van der Waals surface area contributed by atoms with Gasteiger partial charge >= 0.3 is 5.97 Å². The average molecular weight is 289 g/mol. The summed E-state index contributed by atoms with van der Waals surface area (Å²) in [6, 6.07) is 8.23. The summed E-state index contributed by atoms with van der Waals surface area (Å²) >= 11 is 0. The molecule has 0 saturated carbocycles. The highest BCUT2D eigenvalue weighted by Crippen LogP contribution is 2.33. The second kappa shape index (κ2) is 6.29. The number of nitrogens with one attached hydrogen (secondary N) is 1. The van der Waals surface area contributed by atoms with Gasteiger partial charge in [0.05, 0.1) is 0 Å². The zero-order valence-electron chi connectivity index (χ0n) is 12.7. The molecule has 2 unspecified atom stereocenters. The van der Waals surface area contributed by atoms with Crippen LogP contribution in [0.5, 0.6) is 0 Å². The number of hydrogen-bond acceptors (Lipinski definition) is 2. The summed E-state index contributed by atoms with van der Waals surface area (Å²) in [7, 11) is 0. The van der Waals surface area contributed by atoms with E-state index in [0.29, 0.717) is 12.8 Å². The first-order valence-electron chi connectivity index (χ1n) is 7.58. The van der Waals surface area contributed by atoms with Gasteiger partial charge in [-0.05, 0) is 49.7 Å². The first-order valence-corrected chi connectivity index (χ1v) is 7.58. The smallest absolute Gasteiger partial charge is 0.329 e. The maximum atomic E-state index is 12.2. The predicted octanol–water partition coefficient (Wildman–Crippen LogP) is 2.87. The van der Waals surface area contributed by atoms with E-state index in [1.807, 2.05) is 12.1 Å². The first-order chi connectivity index (χ1) is 9.96. The molecule has 114 valence electrons. The van der Waals surface area contributed by atoms with Gasteiger partial charge in [-0.3, -0.25) is 4.79 Å². The van der Waals surface area contributed by atoms with Crippen LogP contribution in [0.15, 0.2) is 24.3 Å². The van der Waals surface area contributed by atoms with Gasteiger partial charge in [-0.15, -0.1) is 0 Å². The van der Waals surface area contributed by atoms with Gasteiger partial charge in [0.15, 0.2) is 0 Å². The van der Waals surface area contributed by atoms with E-state index < -0.39 is 11.5 Å². The lowest BCUT2D eigenvalue weighted by molar-refractivity contribution is -0.147. The largest absolute Gasteiger partial charge is 0.480 e. The van der Waals surface area contributed by atoms with Crippen LogP contribution >= 0.6 is 0 Å². The number of aryl methyl sites for hydroxylation is 1. The van der Waals surface area contributed by atoms with Crippen LogP contribution < -0.4 is 5.32 Å². The molecule has 1 aromatic carbocycles. The van der Waals surface area contributed by atoms with E-state index in [0.717, 1.165) is 19.3 Å². The van der Waals surface area contributed by atoms with Crippen LogP contribution in [0, 0.1) is 0 Å². The molecule has 1 aliphatic rings. The van der Waals surface area contributed by atoms with Crippen molar-refractivity contribution in [1.82, 2.24) is 5.32 Å². The van der Waals surface area contributed by atoms with Crippen molar-refractivity contribution in [2.75, 3.05) is 0 Å². The Morgan fingerprint density at radius 3 is 2.76 bits per heavy atom. The van der Waals surface area contributed by atoms with Crippen LogP contribution in [0.3, 0.4) is 0 Å². The van der Waals surface area contributed by atoms with E-state index in [2.05, 4.69) is 17.4 Å². The minimum absolute atomic E-state index is 0.177. The fourth-order valence-corrected chi connectivity index (χ4v) is 2.94. The van der Waals surface area contributed by atoms with Gasteiger partial charge in [0, 0.05) is 6.42 Å². The van der Waals surface area contributed by atoms with Crippen LogP contribution in [0.25, 0.3) is 0 Å². The number of rotatable bonds is 5. The van der Waals surface area contributed by atoms with Gasteiger partial charge in [0.2, 0.25) is 5.91 Å². The Kier molecular flexibility index (Phi) is 4.66. The van der Waals surface area contributed by atoms with Crippen molar-refractivity contribution >= 4 is 11.9 Å². The lowest BCUT2D eigenvalue weighted by Gasteiger charge is -2.28. The monoisotopic (exact) mass is 289 g/mol. The molecule has 4 nitrogen and oxygen atoms in total. The number of carboxylic acid groups (broad SMARTS) is 1. The first kappa shape index (κ1) is 15.5. The van der Waals surface area contributed by atoms with Crippen LogP contribution in [0.1, 0.15) is 56.6 Å². The van der Waals surface area contributed by atoms with Crippen LogP contribution in [-0.4, -0.2) is 22.5 Å². The summed E-state index contributed by atoms with van der Waals surface area (Å²) in [4.78, 5) is 23.5. The zero-order valence-corrected chi connectivity index (χ0v) is 12.7. The third-order valence-electron chi connectivity index (χ3n) is 4.52. The highest BCUT2D eigenvalue weighted by atomic mass is 16.4. The van der Waals surface area contributed by atoms with Crippen molar-refractivity contribution < 1.29 is 14.7 Å². The standard InChI is InChI=1S/C17H23NO3/c1-3-17(2,16(20)21)18-15(19)11-13-9-6-8-12-7-4-5-10-14(12)13/h4-5,7,10,13H,3,6,8-9,11H2,1-2H3,(H,18,19)(H,20,21). The molecule has 0 radical (unpaired) electrons. The Bertz CT molecular complexity index is 541. The number of fused-ring (bicyclic) bond motifs is 1. The molecule has 2 atom stereocenters. The lowest BCUT2D eigenvalue weighted by atomic mass is 9.81. The maximum absolute atomic E-state index is 12.2. The molecule has 0 aromatic heterocycles. The van der Waals surface area contributed by atoms with E-state index >= 15 is 0 Å². The number of benzene rings is 1. The van der Waals surface area contributed by atoms with Gasteiger partial charge in [-0.25, -0.2) is 4.79 Å². The SMILES string of the molecule is CCC(C)(NC(=O)CC1CCCc2ccccc21)C(=O)O. The second-order valence-corrected chi connectivity index (χ2v) is 6.03. The summed E-state index contributed by atoms with van der Waals surface area (Å²) in [6.45, 7) is 3.33. The molecule has 1 amide bonds. The predicted molar refractivity (Wildman–Crippen MR) is 81.2 cm³/mol. The molecule has 4 heteroatoms. The van der Waals surface area contributed by atoms with Gasteiger partial charge in [0.1, 0.15) is 5.54 Å². The number of carboxylic acids is 1. The molecular weight excluding hydrogens is 266 g/mol. The Labute approximate surface area is 125 Å². The molecule has 1 aromatic rings. The van der Waals surface area contributed by atoms with Gasteiger partial charge in [0.25, 0.3) is 0 Å². The highest BCUT2D eigenvalue weighted by Gasteiger charge is 2.33. The Morgan fingerprint density at radius 2 is 2.10 bits per heavy atom. The molecule has 21 heavy (non-hydrogen) atoms. The molecule has 0 spiro atoms. The van der Waals surface area contributed by atoms with E-state index in [9.17, 15) is 14.7 Å². The molecule has 0 aliphatic heterocycles. The van der Waals surface area contributed by atoms with Gasteiger partial charge < -0.3 is 10.4 Å². The van der Waals surface area contributed by atoms with Crippen LogP contribution in [0.2, 0.25) is 0 Å². The summed E-state index contributed by atoms with van der Waals surface area (Å²) in [5, 5.41) is 11.9. The summed E-state index contributed by atoms with van der Waals surface area (Å²) in [5.41, 5.74) is 1.39. The number of amides is 1. The van der Waals surface area contributed by atoms with Crippen molar-refractivity contribution in [3.05, 3.63) is 35.4 Å². The Morgan fingerprint density at radius 1 is 1.38 bits per heavy atom. The summed E-state index contributed by atoms with van der Waals surface area (Å²) in [5.74, 6) is -0.962. The summed E-state index contributed by atoms with van der Waals surface area (Å²) in [6.07, 6.45) is 3.87. The number of carbonyl (C=O) groups excluding carboxylic acids is 1. The number of aliphatic carboxylic acids is 1. The van der Waals surface area contributed by atoms with Crippen molar-refractivity contribution in [2.45, 2.75) is 57.4 Å². The molecular formula is C17H23NO3. The normalized spacial score (nSPS) is 20.2. The van der Waals surface area contributed by atoms with E-state index in [1.54, 1.807) is 13.8 Å². The van der Waals surface area contributed by atoms with Crippen LogP contribution in [0.4, 0.5) is 0 Å². The third-order valence-corrected chi connectivity index (χ3v) is 4.52. The topological polar surface area (TPSA) is 66.4 Å². The molecule has 2 N–H and O–H groups in total. The number of hydrogen-bond donors (Lipinski definition) is 2. The second-order valence-electron chi connectivity index (χ2n) is 6.03. The maximum Gasteiger partial charge on any atom is 0.329 e. The minimum atomic E-state index is -1.18. The third kappa shape index (κ3) is 3.43. The average Bonchev–Trinajstić information content (AvgIpc) is 2.47. The summed E-state index contributed by atoms with van der Waals surface area (Å²) < 4.78 is 0. The van der Waals surface area contributed by atoms with Crippen LogP contribution in [-0.2, 0) is 16.0 Å². The number of carbonyl (C=O) groups is 2. The Hall–Kier alpha value is -1.84. The molecule has 0 bridgehead atoms. The van der Waals surface area contributed by atoms with E-state index in [-0.39, 0.29) is 11.8 Å². The minimum Gasteiger partial charge on any atom is -0.480 e. The fourth-order valence-electron chi connectivity index (χ4n) is 2.94. The lowest BCUT2D eigenvalue weighted by Crippen LogP contribution is -2.52. The fraction of sp³-hybridized carbons (Fsp3) is 0.529. The van der Waals surface area contributed by atoms with Crippen molar-refractivity contribution in [3.8, 4) is 0 Å². The van der Waals surface area contributed by atoms with Crippen molar-refractivity contribution in [2.24, 2.45) is 0 Å². The molecule has 2 rings (SSSR count). The van der Waals surface area contributed by atoms with E-state index in [1.165, 1.54) is 11.1 Å². The zero-order chi connectivity index (χ0) is 15.5. The Balaban J connectivity index is 2.06. The molecule has 0 heterocycles. The quantitative estimate of drug-likeness (QED) is 0.876. The molecule has 0 fully saturated rings. The van der Waals surface area contributed by atoms with Crippen molar-refractivity contribution in [3.63, 3.8) is 0 Å². The van der Waals surface area contributed by atoms with Gasteiger partial charge in [-0.2, -0.15) is 0 Å². The molecule has 0 saturated heterocycles. The van der Waals surface area contributed by atoms with Gasteiger partial charge in [-0.1, -0.05) is 31.2 Å². The van der Waals surface area contributed by atoms with E-state index in [4.69, 9.17) is 0 Å². The molecule has 1 aliphatic carbocycles. The van der Waals surface area contributed by atoms with Crippen molar-refractivity contribution in [1.29, 1.82) is 0 Å².